The van der Waals surface area contributed by atoms with Gasteiger partial charge in [-0.1, -0.05) is 13.8 Å². The van der Waals surface area contributed by atoms with Gasteiger partial charge in [-0.05, 0) is 36.1 Å². The van der Waals surface area contributed by atoms with Crippen LogP contribution in [0.2, 0.25) is 0 Å². The Balaban J connectivity index is 2.11. The van der Waals surface area contributed by atoms with Crippen molar-refractivity contribution >= 4 is 16.8 Å². The lowest BCUT2D eigenvalue weighted by Gasteiger charge is -2.22. The van der Waals surface area contributed by atoms with Crippen molar-refractivity contribution in [3.63, 3.8) is 0 Å². The van der Waals surface area contributed by atoms with Crippen molar-refractivity contribution in [1.82, 2.24) is 9.88 Å². The number of rotatable bonds is 7. The summed E-state index contributed by atoms with van der Waals surface area (Å²) < 4.78 is 13.2. The van der Waals surface area contributed by atoms with Gasteiger partial charge in [0, 0.05) is 30.2 Å². The standard InChI is InChI=1S/C18H22FN3O/c1-13(2)6-9-22(8-3-7-20)18(23)10-14-12-21-17-11-15(19)4-5-16(14)17/h4-5,11-13,21H,3,6,8-10H2,1-2H3. The van der Waals surface area contributed by atoms with Crippen LogP contribution >= 0.6 is 0 Å². The molecule has 0 bridgehead atoms. The topological polar surface area (TPSA) is 59.9 Å². The largest absolute Gasteiger partial charge is 0.361 e. The molecule has 1 aromatic heterocycles. The molecule has 0 spiro atoms. The fraction of sp³-hybridized carbons (Fsp3) is 0.444. The average Bonchev–Trinajstić information content (AvgIpc) is 2.89. The lowest BCUT2D eigenvalue weighted by Crippen LogP contribution is -2.34. The maximum Gasteiger partial charge on any atom is 0.227 e. The van der Waals surface area contributed by atoms with Crippen molar-refractivity contribution in [2.75, 3.05) is 13.1 Å². The fourth-order valence-corrected chi connectivity index (χ4v) is 2.54. The van der Waals surface area contributed by atoms with E-state index in [4.69, 9.17) is 5.26 Å². The van der Waals surface area contributed by atoms with Gasteiger partial charge in [0.05, 0.1) is 18.9 Å². The molecular formula is C18H22FN3O. The Morgan fingerprint density at radius 3 is 2.87 bits per heavy atom. The SMILES string of the molecule is CC(C)CCN(CCC#N)C(=O)Cc1c[nH]c2cc(F)ccc12. The summed E-state index contributed by atoms with van der Waals surface area (Å²) in [5.41, 5.74) is 1.55. The molecule has 23 heavy (non-hydrogen) atoms. The summed E-state index contributed by atoms with van der Waals surface area (Å²) in [5, 5.41) is 9.63. The zero-order valence-corrected chi connectivity index (χ0v) is 13.6. The third-order valence-electron chi connectivity index (χ3n) is 3.89. The molecule has 2 aromatic rings. The van der Waals surface area contributed by atoms with Crippen LogP contribution in [0.15, 0.2) is 24.4 Å². The highest BCUT2D eigenvalue weighted by Gasteiger charge is 2.16. The third kappa shape index (κ3) is 4.56. The van der Waals surface area contributed by atoms with Crippen LogP contribution in [0.25, 0.3) is 10.9 Å². The molecule has 1 amide bonds. The van der Waals surface area contributed by atoms with Gasteiger partial charge in [-0.3, -0.25) is 4.79 Å². The summed E-state index contributed by atoms with van der Waals surface area (Å²) in [7, 11) is 0. The molecule has 0 aliphatic rings. The van der Waals surface area contributed by atoms with Crippen molar-refractivity contribution in [2.24, 2.45) is 5.92 Å². The molecule has 122 valence electrons. The molecule has 0 atom stereocenters. The molecule has 0 unspecified atom stereocenters. The predicted octanol–water partition coefficient (Wildman–Crippen LogP) is 3.64. The van der Waals surface area contributed by atoms with E-state index >= 15 is 0 Å². The molecule has 1 heterocycles. The second kappa shape index (κ2) is 7.77. The Morgan fingerprint density at radius 2 is 2.17 bits per heavy atom. The minimum absolute atomic E-state index is 0.00567. The smallest absolute Gasteiger partial charge is 0.227 e. The second-order valence-electron chi connectivity index (χ2n) is 6.15. The van der Waals surface area contributed by atoms with Gasteiger partial charge >= 0.3 is 0 Å². The van der Waals surface area contributed by atoms with Crippen LogP contribution in [0.4, 0.5) is 4.39 Å². The van der Waals surface area contributed by atoms with Crippen LogP contribution in [0.3, 0.4) is 0 Å². The maximum absolute atomic E-state index is 13.2. The molecule has 0 radical (unpaired) electrons. The van der Waals surface area contributed by atoms with Gasteiger partial charge in [0.1, 0.15) is 5.82 Å². The summed E-state index contributed by atoms with van der Waals surface area (Å²) in [5.74, 6) is 0.208. The minimum atomic E-state index is -0.301. The number of aromatic amines is 1. The first-order valence-electron chi connectivity index (χ1n) is 7.91. The number of nitrogens with zero attached hydrogens (tertiary/aromatic N) is 2. The summed E-state index contributed by atoms with van der Waals surface area (Å²) in [4.78, 5) is 17.3. The molecule has 2 rings (SSSR count). The Bertz CT molecular complexity index is 715. The van der Waals surface area contributed by atoms with Gasteiger partial charge in [-0.15, -0.1) is 0 Å². The molecule has 0 saturated carbocycles. The first-order valence-corrected chi connectivity index (χ1v) is 7.91. The van der Waals surface area contributed by atoms with Crippen LogP contribution < -0.4 is 0 Å². The van der Waals surface area contributed by atoms with Crippen LogP contribution in [0.5, 0.6) is 0 Å². The fourth-order valence-electron chi connectivity index (χ4n) is 2.54. The number of amides is 1. The van der Waals surface area contributed by atoms with E-state index in [1.807, 2.05) is 0 Å². The van der Waals surface area contributed by atoms with E-state index in [9.17, 15) is 9.18 Å². The number of fused-ring (bicyclic) bond motifs is 1. The Morgan fingerprint density at radius 1 is 1.39 bits per heavy atom. The van der Waals surface area contributed by atoms with Crippen molar-refractivity contribution in [1.29, 1.82) is 5.26 Å². The zero-order chi connectivity index (χ0) is 16.8. The summed E-state index contributed by atoms with van der Waals surface area (Å²) in [6.45, 7) is 5.34. The van der Waals surface area contributed by atoms with Gasteiger partial charge in [0.2, 0.25) is 5.91 Å². The van der Waals surface area contributed by atoms with Crippen LogP contribution in [-0.4, -0.2) is 28.9 Å². The van der Waals surface area contributed by atoms with Gasteiger partial charge in [-0.2, -0.15) is 5.26 Å². The van der Waals surface area contributed by atoms with E-state index in [-0.39, 0.29) is 18.1 Å². The molecule has 4 nitrogen and oxygen atoms in total. The molecule has 0 saturated heterocycles. The van der Waals surface area contributed by atoms with Crippen molar-refractivity contribution in [3.8, 4) is 6.07 Å². The molecule has 1 N–H and O–H groups in total. The van der Waals surface area contributed by atoms with E-state index in [2.05, 4.69) is 24.9 Å². The van der Waals surface area contributed by atoms with Crippen LogP contribution in [-0.2, 0) is 11.2 Å². The highest BCUT2D eigenvalue weighted by Crippen LogP contribution is 2.20. The van der Waals surface area contributed by atoms with Crippen LogP contribution in [0.1, 0.15) is 32.3 Å². The average molecular weight is 315 g/mol. The molecule has 0 aliphatic heterocycles. The quantitative estimate of drug-likeness (QED) is 0.848. The van der Waals surface area contributed by atoms with E-state index in [1.165, 1.54) is 12.1 Å². The molecule has 1 aromatic carbocycles. The summed E-state index contributed by atoms with van der Waals surface area (Å²) in [6, 6.07) is 6.61. The normalized spacial score (nSPS) is 10.9. The predicted molar refractivity (Wildman–Crippen MR) is 88.2 cm³/mol. The number of nitriles is 1. The second-order valence-corrected chi connectivity index (χ2v) is 6.15. The van der Waals surface area contributed by atoms with Gasteiger partial charge in [-0.25, -0.2) is 4.39 Å². The monoisotopic (exact) mass is 315 g/mol. The summed E-state index contributed by atoms with van der Waals surface area (Å²) >= 11 is 0. The number of hydrogen-bond donors (Lipinski definition) is 1. The van der Waals surface area contributed by atoms with E-state index in [0.29, 0.717) is 30.9 Å². The Labute approximate surface area is 135 Å². The van der Waals surface area contributed by atoms with E-state index in [0.717, 1.165) is 17.4 Å². The number of benzene rings is 1. The molecule has 5 heteroatoms. The van der Waals surface area contributed by atoms with E-state index in [1.54, 1.807) is 17.2 Å². The van der Waals surface area contributed by atoms with Crippen LogP contribution in [0, 0.1) is 23.1 Å². The molecule has 0 aliphatic carbocycles. The van der Waals surface area contributed by atoms with Crippen molar-refractivity contribution in [3.05, 3.63) is 35.8 Å². The van der Waals surface area contributed by atoms with Crippen molar-refractivity contribution < 1.29 is 9.18 Å². The number of nitrogens with one attached hydrogen (secondary N) is 1. The van der Waals surface area contributed by atoms with Gasteiger partial charge in [0.25, 0.3) is 0 Å². The highest BCUT2D eigenvalue weighted by atomic mass is 19.1. The lowest BCUT2D eigenvalue weighted by atomic mass is 10.1. The number of carbonyl (C=O) groups excluding carboxylic acids is 1. The van der Waals surface area contributed by atoms with Crippen molar-refractivity contribution in [2.45, 2.75) is 33.1 Å². The third-order valence-corrected chi connectivity index (χ3v) is 3.89. The van der Waals surface area contributed by atoms with Gasteiger partial charge < -0.3 is 9.88 Å². The number of halogens is 1. The summed E-state index contributed by atoms with van der Waals surface area (Å²) in [6.07, 6.45) is 3.27. The molecule has 0 fully saturated rings. The number of carbonyl (C=O) groups is 1. The minimum Gasteiger partial charge on any atom is -0.361 e. The molecular weight excluding hydrogens is 293 g/mol. The zero-order valence-electron chi connectivity index (χ0n) is 13.6. The lowest BCUT2D eigenvalue weighted by molar-refractivity contribution is -0.130. The Hall–Kier alpha value is -2.35. The van der Waals surface area contributed by atoms with E-state index < -0.39 is 0 Å². The first-order chi connectivity index (χ1) is 11.0. The highest BCUT2D eigenvalue weighted by molar-refractivity contribution is 5.89. The first kappa shape index (κ1) is 17.0. The number of aromatic nitrogens is 1. The van der Waals surface area contributed by atoms with Gasteiger partial charge in [0.15, 0.2) is 0 Å². The number of hydrogen-bond acceptors (Lipinski definition) is 2. The number of H-pyrrole nitrogens is 1. The maximum atomic E-state index is 13.2. The Kier molecular flexibility index (Phi) is 5.75.